The molecule has 0 heterocycles. The summed E-state index contributed by atoms with van der Waals surface area (Å²) in [7, 11) is -3.57. The molecule has 218 valence electrons. The van der Waals surface area contributed by atoms with E-state index in [1.165, 1.54) is 12.1 Å². The minimum atomic E-state index is -3.57. The third-order valence-electron chi connectivity index (χ3n) is 6.77. The van der Waals surface area contributed by atoms with Crippen LogP contribution in [0.3, 0.4) is 0 Å². The number of hydrogen-bond acceptors (Lipinski definition) is 4. The summed E-state index contributed by atoms with van der Waals surface area (Å²) >= 11 is 6.11. The maximum Gasteiger partial charge on any atom is 0.247 e. The average molecular weight is 604 g/mol. The van der Waals surface area contributed by atoms with E-state index in [0.29, 0.717) is 30.1 Å². The molecule has 4 rings (SSSR count). The topological polar surface area (TPSA) is 95.6 Å². The quantitative estimate of drug-likeness (QED) is 0.206. The lowest BCUT2D eigenvalue weighted by Gasteiger charge is -2.32. The lowest BCUT2D eigenvalue weighted by molar-refractivity contribution is -0.141. The number of amides is 2. The predicted octanol–water partition coefficient (Wildman–Crippen LogP) is 5.66. The Bertz CT molecular complexity index is 1560. The van der Waals surface area contributed by atoms with E-state index in [9.17, 15) is 18.0 Å². The zero-order chi connectivity index (χ0) is 30.0. The third-order valence-corrected chi connectivity index (χ3v) is 8.58. The minimum Gasteiger partial charge on any atom is -0.350 e. The Kier molecular flexibility index (Phi) is 10.9. The van der Waals surface area contributed by atoms with Crippen LogP contribution < -0.4 is 10.0 Å². The fourth-order valence-corrected chi connectivity index (χ4v) is 5.77. The molecule has 4 aromatic carbocycles. The number of nitrogens with zero attached hydrogens (tertiary/aromatic N) is 1. The van der Waals surface area contributed by atoms with Crippen molar-refractivity contribution in [1.82, 2.24) is 14.9 Å². The molecule has 0 fully saturated rings. The first kappa shape index (κ1) is 31.0. The van der Waals surface area contributed by atoms with Crippen molar-refractivity contribution >= 4 is 33.4 Å². The lowest BCUT2D eigenvalue weighted by Crippen LogP contribution is -2.43. The first-order chi connectivity index (χ1) is 20.3. The van der Waals surface area contributed by atoms with Crippen molar-refractivity contribution in [1.29, 1.82) is 0 Å². The van der Waals surface area contributed by atoms with Gasteiger partial charge in [0.05, 0.1) is 4.90 Å². The van der Waals surface area contributed by atoms with Crippen LogP contribution in [0.5, 0.6) is 0 Å². The molecule has 7 nitrogen and oxygen atoms in total. The molecule has 2 amide bonds. The van der Waals surface area contributed by atoms with Gasteiger partial charge in [-0.1, -0.05) is 103 Å². The van der Waals surface area contributed by atoms with Gasteiger partial charge in [-0.05, 0) is 52.9 Å². The van der Waals surface area contributed by atoms with Crippen LogP contribution in [0.25, 0.3) is 0 Å². The Morgan fingerprint density at radius 2 is 1.38 bits per heavy atom. The highest BCUT2D eigenvalue weighted by molar-refractivity contribution is 7.89. The number of hydrogen-bond donors (Lipinski definition) is 2. The van der Waals surface area contributed by atoms with Crippen LogP contribution in [0.15, 0.2) is 114 Å². The zero-order valence-corrected chi connectivity index (χ0v) is 24.9. The van der Waals surface area contributed by atoms with E-state index in [2.05, 4.69) is 10.0 Å². The first-order valence-electron chi connectivity index (χ1n) is 13.8. The number of carbonyl (C=O) groups excluding carboxylic acids is 2. The second-order valence-corrected chi connectivity index (χ2v) is 12.0. The number of aryl methyl sites for hydroxylation is 1. The van der Waals surface area contributed by atoms with Crippen molar-refractivity contribution in [3.63, 3.8) is 0 Å². The molecule has 0 aliphatic heterocycles. The molecule has 1 atom stereocenters. The van der Waals surface area contributed by atoms with Crippen molar-refractivity contribution in [3.8, 4) is 0 Å². The first-order valence-corrected chi connectivity index (χ1v) is 15.6. The van der Waals surface area contributed by atoms with Crippen LogP contribution in [0, 0.1) is 0 Å². The highest BCUT2D eigenvalue weighted by Gasteiger charge is 2.31. The molecule has 0 aromatic heterocycles. The molecular formula is C33H34ClN3O4S. The van der Waals surface area contributed by atoms with E-state index in [1.807, 2.05) is 72.8 Å². The maximum absolute atomic E-state index is 13.9. The summed E-state index contributed by atoms with van der Waals surface area (Å²) in [5.41, 5.74) is 3.30. The number of halogens is 1. The molecule has 42 heavy (non-hydrogen) atoms. The zero-order valence-electron chi connectivity index (χ0n) is 23.4. The summed E-state index contributed by atoms with van der Waals surface area (Å²) < 4.78 is 27.1. The molecule has 2 N–H and O–H groups in total. The van der Waals surface area contributed by atoms with E-state index in [1.54, 1.807) is 36.1 Å². The van der Waals surface area contributed by atoms with Gasteiger partial charge in [0.1, 0.15) is 6.04 Å². The molecule has 0 saturated heterocycles. The van der Waals surface area contributed by atoms with Crippen molar-refractivity contribution in [2.24, 2.45) is 0 Å². The SMILES string of the molecule is CCNS(=O)(=O)c1ccc(CCC(=O)N(Cc2ccc(Cl)cc2)[C@@H](C(=O)NCc2ccccc2)c2ccccc2)cc1. The summed E-state index contributed by atoms with van der Waals surface area (Å²) in [4.78, 5) is 29.5. The second-order valence-electron chi connectivity index (χ2n) is 9.81. The van der Waals surface area contributed by atoms with Gasteiger partial charge in [-0.2, -0.15) is 0 Å². The molecular weight excluding hydrogens is 570 g/mol. The van der Waals surface area contributed by atoms with Crippen molar-refractivity contribution in [3.05, 3.63) is 136 Å². The van der Waals surface area contributed by atoms with E-state index < -0.39 is 16.1 Å². The Balaban J connectivity index is 1.59. The number of carbonyl (C=O) groups is 2. The molecule has 0 aliphatic rings. The number of sulfonamides is 1. The van der Waals surface area contributed by atoms with E-state index in [-0.39, 0.29) is 29.7 Å². The van der Waals surface area contributed by atoms with Gasteiger partial charge in [0.15, 0.2) is 0 Å². The van der Waals surface area contributed by atoms with Gasteiger partial charge in [-0.15, -0.1) is 0 Å². The number of benzene rings is 4. The van der Waals surface area contributed by atoms with Gasteiger partial charge >= 0.3 is 0 Å². The van der Waals surface area contributed by atoms with Crippen LogP contribution in [-0.2, 0) is 39.1 Å². The monoisotopic (exact) mass is 603 g/mol. The van der Waals surface area contributed by atoms with Crippen LogP contribution in [0.1, 0.15) is 41.6 Å². The van der Waals surface area contributed by atoms with Crippen LogP contribution >= 0.6 is 11.6 Å². The van der Waals surface area contributed by atoms with E-state index in [4.69, 9.17) is 11.6 Å². The van der Waals surface area contributed by atoms with Crippen molar-refractivity contribution < 1.29 is 18.0 Å². The molecule has 0 bridgehead atoms. The summed E-state index contributed by atoms with van der Waals surface area (Å²) in [6.07, 6.45) is 0.507. The Morgan fingerprint density at radius 3 is 2.00 bits per heavy atom. The molecule has 0 unspecified atom stereocenters. The van der Waals surface area contributed by atoms with Crippen LogP contribution in [-0.4, -0.2) is 31.7 Å². The average Bonchev–Trinajstić information content (AvgIpc) is 3.01. The Labute approximate surface area is 252 Å². The lowest BCUT2D eigenvalue weighted by atomic mass is 10.0. The maximum atomic E-state index is 13.9. The Morgan fingerprint density at radius 1 is 0.786 bits per heavy atom. The highest BCUT2D eigenvalue weighted by Crippen LogP contribution is 2.26. The summed E-state index contributed by atoms with van der Waals surface area (Å²) in [5, 5.41) is 3.60. The summed E-state index contributed by atoms with van der Waals surface area (Å²) in [5.74, 6) is -0.497. The van der Waals surface area contributed by atoms with Crippen LogP contribution in [0.2, 0.25) is 5.02 Å². The van der Waals surface area contributed by atoms with E-state index >= 15 is 0 Å². The van der Waals surface area contributed by atoms with Crippen LogP contribution in [0.4, 0.5) is 0 Å². The standard InChI is InChI=1S/C33H34ClN3O4S/c1-2-36-42(40,41)30-20-15-25(16-21-30)17-22-31(38)37(24-27-13-18-29(34)19-14-27)32(28-11-7-4-8-12-28)33(39)35-23-26-9-5-3-6-10-26/h3-16,18-21,32,36H,2,17,22-24H2,1H3,(H,35,39)/t32-/m1/s1. The van der Waals surface area contributed by atoms with Gasteiger partial charge in [-0.25, -0.2) is 13.1 Å². The fourth-order valence-electron chi connectivity index (χ4n) is 4.60. The Hall–Kier alpha value is -3.98. The minimum absolute atomic E-state index is 0.127. The molecule has 9 heteroatoms. The van der Waals surface area contributed by atoms with Gasteiger partial charge in [0.2, 0.25) is 21.8 Å². The predicted molar refractivity (Wildman–Crippen MR) is 165 cm³/mol. The van der Waals surface area contributed by atoms with Gasteiger partial charge in [-0.3, -0.25) is 9.59 Å². The molecule has 0 radical (unpaired) electrons. The smallest absolute Gasteiger partial charge is 0.247 e. The normalized spacial score (nSPS) is 12.0. The van der Waals surface area contributed by atoms with Gasteiger partial charge in [0.25, 0.3) is 0 Å². The second kappa shape index (κ2) is 14.8. The summed E-state index contributed by atoms with van der Waals surface area (Å²) in [6, 6.07) is 31.7. The van der Waals surface area contributed by atoms with E-state index in [0.717, 1.165) is 16.7 Å². The van der Waals surface area contributed by atoms with Crippen molar-refractivity contribution in [2.75, 3.05) is 6.54 Å². The largest absolute Gasteiger partial charge is 0.350 e. The van der Waals surface area contributed by atoms with Crippen molar-refractivity contribution in [2.45, 2.75) is 43.8 Å². The third kappa shape index (κ3) is 8.52. The number of nitrogens with one attached hydrogen (secondary N) is 2. The number of rotatable bonds is 13. The summed E-state index contributed by atoms with van der Waals surface area (Å²) in [6.45, 7) is 2.55. The molecule has 0 aliphatic carbocycles. The van der Waals surface area contributed by atoms with Gasteiger partial charge in [0, 0.05) is 31.1 Å². The molecule has 0 saturated carbocycles. The highest BCUT2D eigenvalue weighted by atomic mass is 35.5. The molecule has 4 aromatic rings. The fraction of sp³-hybridized carbons (Fsp3) is 0.212. The van der Waals surface area contributed by atoms with Gasteiger partial charge < -0.3 is 10.2 Å². The molecule has 0 spiro atoms.